The Morgan fingerprint density at radius 1 is 1.33 bits per heavy atom. The quantitative estimate of drug-likeness (QED) is 0.322. The van der Waals surface area contributed by atoms with E-state index in [1.807, 2.05) is 0 Å². The van der Waals surface area contributed by atoms with Gasteiger partial charge in [0.15, 0.2) is 18.2 Å². The summed E-state index contributed by atoms with van der Waals surface area (Å²) in [6.45, 7) is 1.25. The molecular formula is C18H24FN3O7S. The van der Waals surface area contributed by atoms with E-state index in [4.69, 9.17) is 9.84 Å². The second kappa shape index (κ2) is 10.3. The van der Waals surface area contributed by atoms with Gasteiger partial charge in [0.1, 0.15) is 6.54 Å². The summed E-state index contributed by atoms with van der Waals surface area (Å²) in [4.78, 5) is 34.4. The van der Waals surface area contributed by atoms with Crippen LogP contribution in [0.4, 0.5) is 9.18 Å². The van der Waals surface area contributed by atoms with Crippen LogP contribution >= 0.6 is 0 Å². The van der Waals surface area contributed by atoms with Crippen molar-refractivity contribution in [3.05, 3.63) is 29.6 Å². The van der Waals surface area contributed by atoms with Gasteiger partial charge in [-0.05, 0) is 37.5 Å². The number of sulfonamides is 1. The molecule has 1 aliphatic rings. The largest absolute Gasteiger partial charge is 0.479 e. The highest BCUT2D eigenvalue weighted by atomic mass is 32.2. The molecule has 1 aromatic carbocycles. The van der Waals surface area contributed by atoms with Gasteiger partial charge in [0, 0.05) is 12.6 Å². The van der Waals surface area contributed by atoms with Crippen LogP contribution in [-0.2, 0) is 19.6 Å². The van der Waals surface area contributed by atoms with Crippen LogP contribution in [0.15, 0.2) is 18.2 Å². The second-order valence-corrected chi connectivity index (χ2v) is 8.74. The number of nitrogens with zero attached hydrogens (tertiary/aromatic N) is 1. The van der Waals surface area contributed by atoms with Gasteiger partial charge in [-0.2, -0.15) is 0 Å². The molecule has 10 nitrogen and oxygen atoms in total. The molecule has 1 saturated heterocycles. The predicted octanol–water partition coefficient (Wildman–Crippen LogP) is 0.992. The van der Waals surface area contributed by atoms with Crippen molar-refractivity contribution in [1.82, 2.24) is 14.9 Å². The average Bonchev–Trinajstić information content (AvgIpc) is 2.97. The minimum Gasteiger partial charge on any atom is -0.479 e. The lowest BCUT2D eigenvalue weighted by Crippen LogP contribution is -2.30. The number of imide groups is 1. The van der Waals surface area contributed by atoms with Crippen LogP contribution in [0, 0.1) is 5.82 Å². The number of hydrogen-bond acceptors (Lipinski definition) is 6. The molecule has 1 heterocycles. The maximum absolute atomic E-state index is 13.7. The van der Waals surface area contributed by atoms with Crippen LogP contribution in [0.2, 0.25) is 0 Å². The molecule has 1 atom stereocenters. The number of rotatable bonds is 12. The van der Waals surface area contributed by atoms with Gasteiger partial charge >= 0.3 is 12.0 Å². The Labute approximate surface area is 173 Å². The van der Waals surface area contributed by atoms with E-state index in [0.717, 1.165) is 6.07 Å². The third kappa shape index (κ3) is 7.26. The Balaban J connectivity index is 1.80. The van der Waals surface area contributed by atoms with E-state index in [-0.39, 0.29) is 24.0 Å². The first kappa shape index (κ1) is 23.5. The Morgan fingerprint density at radius 2 is 2.07 bits per heavy atom. The topological polar surface area (TPSA) is 142 Å². The Hall–Kier alpha value is -2.73. The van der Waals surface area contributed by atoms with Gasteiger partial charge in [-0.1, -0.05) is 12.5 Å². The fourth-order valence-corrected chi connectivity index (χ4v) is 4.25. The number of unbranched alkanes of at least 4 members (excludes halogenated alkanes) is 2. The minimum absolute atomic E-state index is 0.0199. The Bertz CT molecular complexity index is 907. The van der Waals surface area contributed by atoms with Crippen molar-refractivity contribution in [3.8, 4) is 5.75 Å². The van der Waals surface area contributed by atoms with Crippen LogP contribution in [0.1, 0.15) is 37.8 Å². The number of hydrogen-bond donors (Lipinski definition) is 3. The van der Waals surface area contributed by atoms with Crippen molar-refractivity contribution in [2.45, 2.75) is 32.2 Å². The first-order chi connectivity index (χ1) is 14.1. The molecule has 0 unspecified atom stereocenters. The average molecular weight is 445 g/mol. The van der Waals surface area contributed by atoms with Gasteiger partial charge in [-0.15, -0.1) is 0 Å². The molecule has 1 aliphatic heterocycles. The van der Waals surface area contributed by atoms with Gasteiger partial charge in [0.05, 0.1) is 5.75 Å². The van der Waals surface area contributed by atoms with Crippen LogP contribution in [-0.4, -0.2) is 61.8 Å². The summed E-state index contributed by atoms with van der Waals surface area (Å²) in [5, 5.41) is 10.8. The molecule has 0 bridgehead atoms. The van der Waals surface area contributed by atoms with E-state index in [1.54, 1.807) is 6.92 Å². The van der Waals surface area contributed by atoms with Crippen molar-refractivity contribution in [3.63, 3.8) is 0 Å². The first-order valence-corrected chi connectivity index (χ1v) is 11.0. The van der Waals surface area contributed by atoms with E-state index in [9.17, 15) is 27.2 Å². The number of benzene rings is 1. The molecular weight excluding hydrogens is 421 g/mol. The predicted molar refractivity (Wildman–Crippen MR) is 104 cm³/mol. The lowest BCUT2D eigenvalue weighted by Gasteiger charge is -2.16. The fourth-order valence-electron chi connectivity index (χ4n) is 2.87. The number of carboxylic acid groups (broad SMARTS) is 1. The van der Waals surface area contributed by atoms with Gasteiger partial charge < -0.3 is 14.7 Å². The molecule has 0 saturated carbocycles. The number of aliphatic carboxylic acids is 1. The van der Waals surface area contributed by atoms with Gasteiger partial charge in [-0.25, -0.2) is 27.1 Å². The molecule has 0 aliphatic carbocycles. The van der Waals surface area contributed by atoms with Crippen molar-refractivity contribution >= 4 is 27.9 Å². The molecule has 0 spiro atoms. The van der Waals surface area contributed by atoms with Crippen LogP contribution < -0.4 is 14.8 Å². The van der Waals surface area contributed by atoms with E-state index in [2.05, 4.69) is 10.0 Å². The summed E-state index contributed by atoms with van der Waals surface area (Å²) in [5.41, 5.74) is 0.421. The molecule has 0 radical (unpaired) electrons. The number of carbonyl (C=O) groups is 3. The summed E-state index contributed by atoms with van der Waals surface area (Å²) < 4.78 is 45.6. The second-order valence-electron chi connectivity index (χ2n) is 6.87. The SMILES string of the molecule is C[C@@H](NS(=O)(=O)CCCCCN1CC(=O)NC1=O)c1ccc(F)c(OCC(=O)O)c1. The van der Waals surface area contributed by atoms with Crippen LogP contribution in [0.25, 0.3) is 0 Å². The Kier molecular flexibility index (Phi) is 8.12. The minimum atomic E-state index is -3.62. The zero-order valence-corrected chi connectivity index (χ0v) is 17.2. The molecule has 3 amide bonds. The third-order valence-corrected chi connectivity index (χ3v) is 5.91. The van der Waals surface area contributed by atoms with Gasteiger partial charge in [-0.3, -0.25) is 10.1 Å². The molecule has 12 heteroatoms. The van der Waals surface area contributed by atoms with Crippen molar-refractivity contribution in [2.75, 3.05) is 25.4 Å². The van der Waals surface area contributed by atoms with E-state index in [1.165, 1.54) is 17.0 Å². The van der Waals surface area contributed by atoms with E-state index < -0.39 is 40.5 Å². The van der Waals surface area contributed by atoms with Crippen molar-refractivity contribution in [2.24, 2.45) is 0 Å². The standard InChI is InChI=1S/C18H24FN3O7S/c1-12(13-5-6-14(19)15(9-13)29-11-17(24)25)21-30(27,28)8-4-2-3-7-22-10-16(23)20-18(22)26/h5-6,9,12,21H,2-4,7-8,10-11H2,1H3,(H,24,25)(H,20,23,26)/t12-/m1/s1. The highest BCUT2D eigenvalue weighted by molar-refractivity contribution is 7.89. The lowest BCUT2D eigenvalue weighted by atomic mass is 10.1. The number of amides is 3. The van der Waals surface area contributed by atoms with Gasteiger partial charge in [0.25, 0.3) is 0 Å². The number of halogens is 1. The number of nitrogens with one attached hydrogen (secondary N) is 2. The number of carbonyl (C=O) groups excluding carboxylic acids is 2. The van der Waals surface area contributed by atoms with E-state index >= 15 is 0 Å². The lowest BCUT2D eigenvalue weighted by molar-refractivity contribution is -0.139. The summed E-state index contributed by atoms with van der Waals surface area (Å²) >= 11 is 0. The summed E-state index contributed by atoms with van der Waals surface area (Å²) in [5.74, 6) is -2.76. The zero-order chi connectivity index (χ0) is 22.3. The molecule has 166 valence electrons. The molecule has 30 heavy (non-hydrogen) atoms. The molecule has 1 fully saturated rings. The highest BCUT2D eigenvalue weighted by Gasteiger charge is 2.25. The normalized spacial score (nSPS) is 15.2. The smallest absolute Gasteiger partial charge is 0.341 e. The van der Waals surface area contributed by atoms with Crippen LogP contribution in [0.3, 0.4) is 0 Å². The van der Waals surface area contributed by atoms with Crippen molar-refractivity contribution in [1.29, 1.82) is 0 Å². The summed E-state index contributed by atoms with van der Waals surface area (Å²) in [6, 6.07) is 2.61. The molecule has 1 aromatic rings. The number of carboxylic acids is 1. The number of ether oxygens (including phenoxy) is 1. The first-order valence-electron chi connectivity index (χ1n) is 9.30. The van der Waals surface area contributed by atoms with E-state index in [0.29, 0.717) is 31.4 Å². The molecule has 0 aromatic heterocycles. The Morgan fingerprint density at radius 3 is 2.70 bits per heavy atom. The zero-order valence-electron chi connectivity index (χ0n) is 16.4. The summed E-state index contributed by atoms with van der Waals surface area (Å²) in [7, 11) is -3.62. The maximum Gasteiger partial charge on any atom is 0.341 e. The third-order valence-electron chi connectivity index (χ3n) is 4.37. The molecule has 2 rings (SSSR count). The highest BCUT2D eigenvalue weighted by Crippen LogP contribution is 2.23. The maximum atomic E-state index is 13.7. The molecule has 3 N–H and O–H groups in total. The summed E-state index contributed by atoms with van der Waals surface area (Å²) in [6.07, 6.45) is 1.48. The van der Waals surface area contributed by atoms with Crippen molar-refractivity contribution < 1.29 is 37.0 Å². The van der Waals surface area contributed by atoms with Gasteiger partial charge in [0.2, 0.25) is 15.9 Å². The number of urea groups is 1. The fraction of sp³-hybridized carbons (Fsp3) is 0.500. The monoisotopic (exact) mass is 445 g/mol. The van der Waals surface area contributed by atoms with Crippen LogP contribution in [0.5, 0.6) is 5.75 Å².